The maximum absolute atomic E-state index is 2.33. The zero-order valence-electron chi connectivity index (χ0n) is 7.85. The fourth-order valence-electron chi connectivity index (χ4n) is 1.27. The maximum Gasteiger partial charge on any atom is 0.00865 e. The Morgan fingerprint density at radius 3 is 2.10 bits per heavy atom. The van der Waals surface area contributed by atoms with Crippen molar-refractivity contribution in [1.82, 2.24) is 4.90 Å². The van der Waals surface area contributed by atoms with E-state index in [9.17, 15) is 0 Å². The van der Waals surface area contributed by atoms with Crippen molar-refractivity contribution >= 4 is 0 Å². The number of rotatable bonds is 5. The molecular weight excluding hydrogens is 122 g/mol. The zero-order chi connectivity index (χ0) is 7.98. The fourth-order valence-corrected chi connectivity index (χ4v) is 1.27. The van der Waals surface area contributed by atoms with E-state index in [1.807, 2.05) is 0 Å². The number of unbranched alkanes of at least 4 members (excludes halogenated alkanes) is 1. The van der Waals surface area contributed by atoms with Crippen molar-refractivity contribution in [2.45, 2.75) is 45.6 Å². The highest BCUT2D eigenvalue weighted by atomic mass is 15.1. The summed E-state index contributed by atoms with van der Waals surface area (Å²) in [6.07, 6.45) is 5.34. The van der Waals surface area contributed by atoms with Gasteiger partial charge in [0.15, 0.2) is 0 Å². The molecule has 0 fully saturated rings. The van der Waals surface area contributed by atoms with Crippen molar-refractivity contribution in [2.24, 2.45) is 0 Å². The first kappa shape index (κ1) is 9.96. The van der Waals surface area contributed by atoms with Gasteiger partial charge in [-0.1, -0.05) is 26.7 Å². The summed E-state index contributed by atoms with van der Waals surface area (Å²) in [7, 11) is 4.34. The van der Waals surface area contributed by atoms with Crippen LogP contribution in [0.25, 0.3) is 0 Å². The zero-order valence-corrected chi connectivity index (χ0v) is 7.85. The normalized spacial score (nSPS) is 14.1. The fraction of sp³-hybridized carbons (Fsp3) is 1.00. The van der Waals surface area contributed by atoms with Crippen molar-refractivity contribution in [3.63, 3.8) is 0 Å². The first-order valence-electron chi connectivity index (χ1n) is 4.38. The van der Waals surface area contributed by atoms with Gasteiger partial charge in [-0.15, -0.1) is 0 Å². The van der Waals surface area contributed by atoms with Gasteiger partial charge in [-0.3, -0.25) is 0 Å². The lowest BCUT2D eigenvalue weighted by Crippen LogP contribution is -2.26. The van der Waals surface area contributed by atoms with Gasteiger partial charge in [0.1, 0.15) is 0 Å². The summed E-state index contributed by atoms with van der Waals surface area (Å²) in [6.45, 7) is 4.52. The van der Waals surface area contributed by atoms with Crippen LogP contribution in [0, 0.1) is 0 Å². The molecule has 0 bridgehead atoms. The monoisotopic (exact) mass is 143 g/mol. The van der Waals surface area contributed by atoms with Crippen LogP contribution in [0.5, 0.6) is 0 Å². The van der Waals surface area contributed by atoms with E-state index in [0.29, 0.717) is 0 Å². The molecule has 0 radical (unpaired) electrons. The third kappa shape index (κ3) is 3.89. The number of hydrogen-bond donors (Lipinski definition) is 0. The second kappa shape index (κ2) is 5.72. The molecule has 0 aromatic carbocycles. The molecule has 0 aliphatic heterocycles. The molecule has 0 aromatic heterocycles. The highest BCUT2D eigenvalue weighted by molar-refractivity contribution is 4.62. The molecule has 1 heteroatoms. The SMILES string of the molecule is CCCC[C@@H](CC)N(C)C. The third-order valence-electron chi connectivity index (χ3n) is 2.09. The first-order valence-corrected chi connectivity index (χ1v) is 4.38. The van der Waals surface area contributed by atoms with Crippen LogP contribution in [0.3, 0.4) is 0 Å². The van der Waals surface area contributed by atoms with Crippen LogP contribution in [0.1, 0.15) is 39.5 Å². The van der Waals surface area contributed by atoms with Crippen LogP contribution >= 0.6 is 0 Å². The molecule has 0 rings (SSSR count). The van der Waals surface area contributed by atoms with Crippen LogP contribution in [0.2, 0.25) is 0 Å². The quantitative estimate of drug-likeness (QED) is 0.571. The van der Waals surface area contributed by atoms with Crippen LogP contribution in [-0.4, -0.2) is 25.0 Å². The van der Waals surface area contributed by atoms with E-state index in [0.717, 1.165) is 6.04 Å². The van der Waals surface area contributed by atoms with E-state index in [4.69, 9.17) is 0 Å². The Balaban J connectivity index is 3.40. The molecule has 10 heavy (non-hydrogen) atoms. The molecule has 0 N–H and O–H groups in total. The van der Waals surface area contributed by atoms with E-state index in [-0.39, 0.29) is 0 Å². The molecule has 0 unspecified atom stereocenters. The average Bonchev–Trinajstić information content (AvgIpc) is 1.89. The minimum atomic E-state index is 0.806. The molecule has 1 nitrogen and oxygen atoms in total. The van der Waals surface area contributed by atoms with Crippen LogP contribution < -0.4 is 0 Å². The smallest absolute Gasteiger partial charge is 0.00865 e. The van der Waals surface area contributed by atoms with E-state index in [1.165, 1.54) is 25.7 Å². The summed E-state index contributed by atoms with van der Waals surface area (Å²) in [5.74, 6) is 0. The van der Waals surface area contributed by atoms with Gasteiger partial charge in [-0.2, -0.15) is 0 Å². The molecular formula is C9H21N. The highest BCUT2D eigenvalue weighted by Gasteiger charge is 2.06. The van der Waals surface area contributed by atoms with Gasteiger partial charge < -0.3 is 4.90 Å². The lowest BCUT2D eigenvalue weighted by Gasteiger charge is -2.22. The van der Waals surface area contributed by atoms with Crippen molar-refractivity contribution in [2.75, 3.05) is 14.1 Å². The van der Waals surface area contributed by atoms with Crippen molar-refractivity contribution in [3.8, 4) is 0 Å². The molecule has 0 aromatic rings. The predicted octanol–water partition coefficient (Wildman–Crippen LogP) is 2.52. The highest BCUT2D eigenvalue weighted by Crippen LogP contribution is 2.08. The van der Waals surface area contributed by atoms with E-state index >= 15 is 0 Å². The number of nitrogens with zero attached hydrogens (tertiary/aromatic N) is 1. The van der Waals surface area contributed by atoms with E-state index < -0.39 is 0 Å². The summed E-state index contributed by atoms with van der Waals surface area (Å²) >= 11 is 0. The first-order chi connectivity index (χ1) is 4.72. The summed E-state index contributed by atoms with van der Waals surface area (Å²) in [5.41, 5.74) is 0. The lowest BCUT2D eigenvalue weighted by atomic mass is 10.1. The second-order valence-corrected chi connectivity index (χ2v) is 3.17. The van der Waals surface area contributed by atoms with E-state index in [2.05, 4.69) is 32.8 Å². The average molecular weight is 143 g/mol. The Bertz CT molecular complexity index is 69.1. The lowest BCUT2D eigenvalue weighted by molar-refractivity contribution is 0.266. The molecule has 0 spiro atoms. The van der Waals surface area contributed by atoms with Gasteiger partial charge in [0, 0.05) is 6.04 Å². The molecule has 1 atom stereocenters. The molecule has 0 saturated heterocycles. The molecule has 62 valence electrons. The maximum atomic E-state index is 2.33. The van der Waals surface area contributed by atoms with Gasteiger partial charge in [-0.05, 0) is 26.9 Å². The Morgan fingerprint density at radius 1 is 1.20 bits per heavy atom. The number of hydrogen-bond acceptors (Lipinski definition) is 1. The Labute approximate surface area is 65.4 Å². The summed E-state index contributed by atoms with van der Waals surface area (Å²) in [6, 6.07) is 0.806. The van der Waals surface area contributed by atoms with Crippen LogP contribution in [-0.2, 0) is 0 Å². The Morgan fingerprint density at radius 2 is 1.80 bits per heavy atom. The Hall–Kier alpha value is -0.0400. The van der Waals surface area contributed by atoms with Gasteiger partial charge in [0.05, 0.1) is 0 Å². The van der Waals surface area contributed by atoms with Crippen LogP contribution in [0.4, 0.5) is 0 Å². The van der Waals surface area contributed by atoms with Crippen molar-refractivity contribution in [3.05, 3.63) is 0 Å². The summed E-state index contributed by atoms with van der Waals surface area (Å²) in [4.78, 5) is 2.33. The summed E-state index contributed by atoms with van der Waals surface area (Å²) in [5, 5.41) is 0. The molecule has 0 saturated carbocycles. The molecule has 0 heterocycles. The van der Waals surface area contributed by atoms with Crippen LogP contribution in [0.15, 0.2) is 0 Å². The molecule has 0 aliphatic carbocycles. The van der Waals surface area contributed by atoms with Gasteiger partial charge >= 0.3 is 0 Å². The minimum Gasteiger partial charge on any atom is -0.306 e. The van der Waals surface area contributed by atoms with Crippen molar-refractivity contribution < 1.29 is 0 Å². The summed E-state index contributed by atoms with van der Waals surface area (Å²) < 4.78 is 0. The molecule has 0 aliphatic rings. The topological polar surface area (TPSA) is 3.24 Å². The third-order valence-corrected chi connectivity index (χ3v) is 2.09. The predicted molar refractivity (Wildman–Crippen MR) is 47.3 cm³/mol. The Kier molecular flexibility index (Phi) is 5.70. The van der Waals surface area contributed by atoms with E-state index in [1.54, 1.807) is 0 Å². The second-order valence-electron chi connectivity index (χ2n) is 3.17. The van der Waals surface area contributed by atoms with Gasteiger partial charge in [-0.25, -0.2) is 0 Å². The molecule has 0 amide bonds. The largest absolute Gasteiger partial charge is 0.306 e. The standard InChI is InChI=1S/C9H21N/c1-5-7-8-9(6-2)10(3)4/h9H,5-8H2,1-4H3/t9-/m1/s1. The van der Waals surface area contributed by atoms with Crippen molar-refractivity contribution in [1.29, 1.82) is 0 Å². The van der Waals surface area contributed by atoms with Gasteiger partial charge in [0.2, 0.25) is 0 Å². The van der Waals surface area contributed by atoms with Gasteiger partial charge in [0.25, 0.3) is 0 Å². The minimum absolute atomic E-state index is 0.806.